The number of hydrogen-bond donors (Lipinski definition) is 1. The van der Waals surface area contributed by atoms with E-state index in [0.29, 0.717) is 0 Å². The van der Waals surface area contributed by atoms with E-state index >= 15 is 0 Å². The number of hydrogen-bond acceptors (Lipinski definition) is 4. The van der Waals surface area contributed by atoms with Crippen molar-refractivity contribution in [3.63, 3.8) is 0 Å². The minimum Gasteiger partial charge on any atom is -0.383 e. The Morgan fingerprint density at radius 1 is 1.17 bits per heavy atom. The third-order valence-corrected chi connectivity index (χ3v) is 7.31. The number of benzene rings is 1. The molecule has 4 nitrogen and oxygen atoms in total. The third kappa shape index (κ3) is 7.04. The molecule has 2 fully saturated rings. The van der Waals surface area contributed by atoms with Crippen LogP contribution in [0.2, 0.25) is 0 Å². The Morgan fingerprint density at radius 3 is 2.61 bits per heavy atom. The summed E-state index contributed by atoms with van der Waals surface area (Å²) in [6.07, 6.45) is 12.0. The van der Waals surface area contributed by atoms with Gasteiger partial charge in [-0.3, -0.25) is 9.98 Å². The summed E-state index contributed by atoms with van der Waals surface area (Å²) in [6.45, 7) is 13.1. The molecule has 2 heterocycles. The summed E-state index contributed by atoms with van der Waals surface area (Å²) in [5, 5.41) is 3.45. The Labute approximate surface area is 219 Å². The minimum absolute atomic E-state index is 0.965. The molecule has 1 N–H and O–H groups in total. The zero-order valence-corrected chi connectivity index (χ0v) is 23.1. The predicted octanol–water partition coefficient (Wildman–Crippen LogP) is 6.89. The lowest BCUT2D eigenvalue weighted by molar-refractivity contribution is 0.403. The summed E-state index contributed by atoms with van der Waals surface area (Å²) in [5.74, 6) is 3.08. The summed E-state index contributed by atoms with van der Waals surface area (Å²) in [5.41, 5.74) is 7.53. The maximum absolute atomic E-state index is 4.86. The summed E-state index contributed by atoms with van der Waals surface area (Å²) in [4.78, 5) is 11.1. The Balaban J connectivity index is 0.000000331. The van der Waals surface area contributed by atoms with Gasteiger partial charge in [0.2, 0.25) is 0 Å². The van der Waals surface area contributed by atoms with Crippen LogP contribution in [0.5, 0.6) is 0 Å². The Morgan fingerprint density at radius 2 is 1.97 bits per heavy atom. The zero-order valence-electron chi connectivity index (χ0n) is 23.1. The first-order valence-corrected chi connectivity index (χ1v) is 13.3. The molecular weight excluding hydrogens is 440 g/mol. The number of pyridine rings is 1. The molecule has 1 aliphatic carbocycles. The van der Waals surface area contributed by atoms with E-state index in [1.54, 1.807) is 7.05 Å². The Hall–Kier alpha value is -2.98. The second-order valence-corrected chi connectivity index (χ2v) is 10.3. The molecule has 3 unspecified atom stereocenters. The van der Waals surface area contributed by atoms with Crippen molar-refractivity contribution in [2.45, 2.75) is 40.0 Å². The maximum atomic E-state index is 4.86. The topological polar surface area (TPSA) is 40.5 Å². The molecule has 0 radical (unpaired) electrons. The molecule has 1 aromatic heterocycles. The lowest BCUT2D eigenvalue weighted by atomic mass is 9.94. The number of aromatic nitrogens is 1. The van der Waals surface area contributed by atoms with Crippen molar-refractivity contribution in [1.29, 1.82) is 0 Å². The average Bonchev–Trinajstić information content (AvgIpc) is 3.48. The molecule has 2 aliphatic rings. The molecule has 1 saturated carbocycles. The van der Waals surface area contributed by atoms with Gasteiger partial charge in [-0.25, -0.2) is 0 Å². The largest absolute Gasteiger partial charge is 0.383 e. The number of aliphatic imine (C=N–C) groups is 1. The standard InChI is InChI=1S/C24H29N3.C8H15N/c1-7-10-22(16-25-4)23-13-14-24(26-18(23)3)21-12-9-11-20(15-21)19(8-2)17-27(5)6;1-6-2-3-7-4-9-5-8(6)7/h8-17H,2,7H2,1,3-6H3;6-9H,2-5H2,1H3/b19-17+,22-10+,25-16?;. The Kier molecular flexibility index (Phi) is 10.2. The first kappa shape index (κ1) is 27.6. The molecule has 1 aromatic carbocycles. The molecule has 0 bridgehead atoms. The number of allylic oxidation sites excluding steroid dienone is 4. The second-order valence-electron chi connectivity index (χ2n) is 10.3. The highest BCUT2D eigenvalue weighted by molar-refractivity contribution is 6.10. The SMILES string of the molecule is C=C/C(=C\N(C)C)c1cccc(-c2ccc(/C(C=NC)=C/CC)c(C)n2)c1.CC1CCC2CNCC12. The van der Waals surface area contributed by atoms with Gasteiger partial charge >= 0.3 is 0 Å². The van der Waals surface area contributed by atoms with E-state index in [0.717, 1.165) is 63.4 Å². The Bertz CT molecular complexity index is 1110. The van der Waals surface area contributed by atoms with Crippen molar-refractivity contribution in [1.82, 2.24) is 15.2 Å². The molecule has 3 atom stereocenters. The van der Waals surface area contributed by atoms with E-state index in [1.807, 2.05) is 31.3 Å². The van der Waals surface area contributed by atoms with Crippen LogP contribution < -0.4 is 5.32 Å². The highest BCUT2D eigenvalue weighted by atomic mass is 15.0. The smallest absolute Gasteiger partial charge is 0.0705 e. The van der Waals surface area contributed by atoms with E-state index in [2.05, 4.69) is 86.3 Å². The fourth-order valence-electron chi connectivity index (χ4n) is 5.43. The second kappa shape index (κ2) is 13.4. The van der Waals surface area contributed by atoms with E-state index in [1.165, 1.54) is 25.9 Å². The molecule has 4 heteroatoms. The van der Waals surface area contributed by atoms with E-state index in [9.17, 15) is 0 Å². The maximum Gasteiger partial charge on any atom is 0.0705 e. The van der Waals surface area contributed by atoms with Gasteiger partial charge in [-0.15, -0.1) is 0 Å². The van der Waals surface area contributed by atoms with Gasteiger partial charge in [0.05, 0.1) is 5.69 Å². The summed E-state index contributed by atoms with van der Waals surface area (Å²) >= 11 is 0. The lowest BCUT2D eigenvalue weighted by Crippen LogP contribution is -2.13. The lowest BCUT2D eigenvalue weighted by Gasteiger charge is -2.12. The molecule has 2 aromatic rings. The van der Waals surface area contributed by atoms with E-state index in [-0.39, 0.29) is 0 Å². The molecular formula is C32H44N4. The van der Waals surface area contributed by atoms with Crippen LogP contribution in [0.4, 0.5) is 0 Å². The quantitative estimate of drug-likeness (QED) is 0.343. The van der Waals surface area contributed by atoms with Crippen molar-refractivity contribution in [3.8, 4) is 11.3 Å². The van der Waals surface area contributed by atoms with Crippen LogP contribution in [0, 0.1) is 24.7 Å². The average molecular weight is 485 g/mol. The number of aryl methyl sites for hydroxylation is 1. The monoisotopic (exact) mass is 484 g/mol. The van der Waals surface area contributed by atoms with Crippen molar-refractivity contribution in [2.75, 3.05) is 34.2 Å². The molecule has 36 heavy (non-hydrogen) atoms. The summed E-state index contributed by atoms with van der Waals surface area (Å²) < 4.78 is 0. The van der Waals surface area contributed by atoms with Gasteiger partial charge in [0.25, 0.3) is 0 Å². The van der Waals surface area contributed by atoms with Gasteiger partial charge in [-0.05, 0) is 79.5 Å². The van der Waals surface area contributed by atoms with E-state index < -0.39 is 0 Å². The molecule has 1 aliphatic heterocycles. The van der Waals surface area contributed by atoms with Gasteiger partial charge in [0, 0.05) is 50.4 Å². The number of rotatable bonds is 7. The summed E-state index contributed by atoms with van der Waals surface area (Å²) in [7, 11) is 5.82. The van der Waals surface area contributed by atoms with Crippen molar-refractivity contribution < 1.29 is 0 Å². The van der Waals surface area contributed by atoms with Crippen molar-refractivity contribution in [3.05, 3.63) is 78.1 Å². The first-order chi connectivity index (χ1) is 17.4. The number of nitrogens with zero attached hydrogens (tertiary/aromatic N) is 3. The van der Waals surface area contributed by atoms with Crippen LogP contribution in [-0.4, -0.2) is 50.3 Å². The highest BCUT2D eigenvalue weighted by Gasteiger charge is 2.36. The van der Waals surface area contributed by atoms with Crippen LogP contribution in [0.15, 0.2) is 66.3 Å². The van der Waals surface area contributed by atoms with Crippen LogP contribution in [0.3, 0.4) is 0 Å². The fourth-order valence-corrected chi connectivity index (χ4v) is 5.43. The molecule has 0 amide bonds. The highest BCUT2D eigenvalue weighted by Crippen LogP contribution is 2.38. The van der Waals surface area contributed by atoms with Crippen molar-refractivity contribution >= 4 is 17.4 Å². The van der Waals surface area contributed by atoms with Crippen LogP contribution in [-0.2, 0) is 0 Å². The number of nitrogens with one attached hydrogen (secondary N) is 1. The molecule has 4 rings (SSSR count). The van der Waals surface area contributed by atoms with E-state index in [4.69, 9.17) is 4.98 Å². The number of fused-ring (bicyclic) bond motifs is 1. The van der Waals surface area contributed by atoms with Crippen LogP contribution in [0.25, 0.3) is 22.4 Å². The predicted molar refractivity (Wildman–Crippen MR) is 157 cm³/mol. The first-order valence-electron chi connectivity index (χ1n) is 13.3. The van der Waals surface area contributed by atoms with Gasteiger partial charge in [0.1, 0.15) is 0 Å². The third-order valence-electron chi connectivity index (χ3n) is 7.31. The molecule has 1 saturated heterocycles. The summed E-state index contributed by atoms with van der Waals surface area (Å²) in [6, 6.07) is 12.6. The van der Waals surface area contributed by atoms with Crippen LogP contribution >= 0.6 is 0 Å². The minimum atomic E-state index is 0.965. The van der Waals surface area contributed by atoms with Crippen molar-refractivity contribution in [2.24, 2.45) is 22.7 Å². The normalized spacial score (nSPS) is 21.8. The molecule has 0 spiro atoms. The van der Waals surface area contributed by atoms with Gasteiger partial charge in [-0.1, -0.05) is 63.3 Å². The zero-order chi connectivity index (χ0) is 26.1. The van der Waals surface area contributed by atoms with Gasteiger partial charge in [-0.2, -0.15) is 0 Å². The molecule has 192 valence electrons. The van der Waals surface area contributed by atoms with Gasteiger partial charge < -0.3 is 10.2 Å². The van der Waals surface area contributed by atoms with Gasteiger partial charge in [0.15, 0.2) is 0 Å². The fraction of sp³-hybridized carbons (Fsp3) is 0.438. The van der Waals surface area contributed by atoms with Crippen LogP contribution in [0.1, 0.15) is 49.9 Å².